The Labute approximate surface area is 399 Å². The van der Waals surface area contributed by atoms with E-state index in [9.17, 15) is 9.59 Å². The molecular formula is C59H108O5. The van der Waals surface area contributed by atoms with E-state index in [2.05, 4.69) is 69.4 Å². The summed E-state index contributed by atoms with van der Waals surface area (Å²) >= 11 is 0. The lowest BCUT2D eigenvalue weighted by Gasteiger charge is -2.18. The number of hydrogen-bond donors (Lipinski definition) is 0. The lowest BCUT2D eigenvalue weighted by atomic mass is 10.1. The molecule has 0 spiro atoms. The van der Waals surface area contributed by atoms with Crippen LogP contribution in [-0.4, -0.2) is 37.9 Å². The van der Waals surface area contributed by atoms with E-state index < -0.39 is 6.10 Å². The number of rotatable bonds is 52. The van der Waals surface area contributed by atoms with E-state index in [1.54, 1.807) is 0 Å². The summed E-state index contributed by atoms with van der Waals surface area (Å²) in [5.74, 6) is -0.407. The zero-order valence-electron chi connectivity index (χ0n) is 43.1. The second-order valence-electron chi connectivity index (χ2n) is 18.8. The molecule has 0 aliphatic rings. The van der Waals surface area contributed by atoms with Gasteiger partial charge in [0.25, 0.3) is 0 Å². The molecule has 0 aliphatic carbocycles. The number of carbonyl (C=O) groups excluding carboxylic acids is 2. The van der Waals surface area contributed by atoms with Crippen molar-refractivity contribution < 1.29 is 23.8 Å². The summed E-state index contributed by atoms with van der Waals surface area (Å²) in [5.41, 5.74) is 0. The smallest absolute Gasteiger partial charge is 0.306 e. The zero-order chi connectivity index (χ0) is 46.3. The van der Waals surface area contributed by atoms with E-state index in [-0.39, 0.29) is 25.2 Å². The highest BCUT2D eigenvalue weighted by molar-refractivity contribution is 5.70. The minimum absolute atomic E-state index is 0.0782. The molecule has 0 heterocycles. The first-order valence-corrected chi connectivity index (χ1v) is 28.2. The summed E-state index contributed by atoms with van der Waals surface area (Å²) in [6.07, 6.45) is 68.4. The third-order valence-corrected chi connectivity index (χ3v) is 12.3. The van der Waals surface area contributed by atoms with Crippen molar-refractivity contribution in [2.24, 2.45) is 0 Å². The van der Waals surface area contributed by atoms with Gasteiger partial charge in [-0.05, 0) is 103 Å². The fraction of sp³-hybridized carbons (Fsp3) is 0.831. The van der Waals surface area contributed by atoms with Crippen LogP contribution in [0.3, 0.4) is 0 Å². The van der Waals surface area contributed by atoms with Gasteiger partial charge in [0.2, 0.25) is 0 Å². The van der Waals surface area contributed by atoms with Crippen molar-refractivity contribution in [1.29, 1.82) is 0 Å². The standard InChI is InChI=1S/C59H108O5/c1-4-7-10-13-16-19-22-25-28-29-30-31-33-34-37-40-43-46-49-52-58(60)63-56-57(55-62-54-51-48-45-42-39-36-27-24-21-18-15-12-9-6-3)64-59(61)53-50-47-44-41-38-35-32-26-23-20-17-14-11-8-5-2/h17,20-21,24-26,28,32,57H,4-16,18-19,22-23,27,29-31,33-56H2,1-3H3/b20-17-,24-21-,28-25-,32-26-. The van der Waals surface area contributed by atoms with Crippen LogP contribution in [0.15, 0.2) is 48.6 Å². The van der Waals surface area contributed by atoms with Crippen molar-refractivity contribution in [2.75, 3.05) is 19.8 Å². The van der Waals surface area contributed by atoms with Crippen molar-refractivity contribution >= 4 is 11.9 Å². The minimum atomic E-state index is -0.546. The van der Waals surface area contributed by atoms with Crippen LogP contribution < -0.4 is 0 Å². The summed E-state index contributed by atoms with van der Waals surface area (Å²) in [6, 6.07) is 0. The van der Waals surface area contributed by atoms with Gasteiger partial charge in [-0.25, -0.2) is 0 Å². The van der Waals surface area contributed by atoms with Gasteiger partial charge in [-0.2, -0.15) is 0 Å². The normalized spacial score (nSPS) is 12.5. The summed E-state index contributed by atoms with van der Waals surface area (Å²) in [5, 5.41) is 0. The molecule has 0 aromatic heterocycles. The first kappa shape index (κ1) is 61.9. The Kier molecular flexibility index (Phi) is 53.3. The van der Waals surface area contributed by atoms with Gasteiger partial charge in [-0.3, -0.25) is 9.59 Å². The summed E-state index contributed by atoms with van der Waals surface area (Å²) in [4.78, 5) is 25.5. The Morgan fingerprint density at radius 1 is 0.344 bits per heavy atom. The zero-order valence-corrected chi connectivity index (χ0v) is 43.1. The highest BCUT2D eigenvalue weighted by Gasteiger charge is 2.17. The number of carbonyl (C=O) groups is 2. The molecule has 0 bridgehead atoms. The molecule has 5 nitrogen and oxygen atoms in total. The molecule has 1 unspecified atom stereocenters. The Balaban J connectivity index is 4.25. The highest BCUT2D eigenvalue weighted by atomic mass is 16.6. The third-order valence-electron chi connectivity index (χ3n) is 12.3. The molecule has 0 aliphatic heterocycles. The molecule has 0 rings (SSSR count). The van der Waals surface area contributed by atoms with Gasteiger partial charge in [0.15, 0.2) is 6.10 Å². The second-order valence-corrected chi connectivity index (χ2v) is 18.8. The number of ether oxygens (including phenoxy) is 3. The lowest BCUT2D eigenvalue weighted by Crippen LogP contribution is -2.30. The van der Waals surface area contributed by atoms with E-state index in [0.717, 1.165) is 57.8 Å². The van der Waals surface area contributed by atoms with Crippen molar-refractivity contribution in [2.45, 2.75) is 297 Å². The van der Waals surface area contributed by atoms with E-state index >= 15 is 0 Å². The second kappa shape index (κ2) is 55.2. The van der Waals surface area contributed by atoms with Gasteiger partial charge in [-0.1, -0.05) is 223 Å². The Morgan fingerprint density at radius 3 is 1.09 bits per heavy atom. The predicted molar refractivity (Wildman–Crippen MR) is 279 cm³/mol. The van der Waals surface area contributed by atoms with Crippen LogP contribution in [-0.2, 0) is 23.8 Å². The topological polar surface area (TPSA) is 61.8 Å². The quantitative estimate of drug-likeness (QED) is 0.0346. The minimum Gasteiger partial charge on any atom is -0.462 e. The number of hydrogen-bond acceptors (Lipinski definition) is 5. The Morgan fingerprint density at radius 2 is 0.656 bits per heavy atom. The van der Waals surface area contributed by atoms with Crippen LogP contribution in [0.5, 0.6) is 0 Å². The maximum atomic E-state index is 12.8. The Hall–Kier alpha value is -2.14. The molecule has 0 aromatic rings. The lowest BCUT2D eigenvalue weighted by molar-refractivity contribution is -0.163. The molecule has 0 aromatic carbocycles. The van der Waals surface area contributed by atoms with E-state index in [4.69, 9.17) is 14.2 Å². The molecular weight excluding hydrogens is 789 g/mol. The molecule has 1 atom stereocenters. The van der Waals surface area contributed by atoms with E-state index in [1.165, 1.54) is 199 Å². The van der Waals surface area contributed by atoms with Crippen molar-refractivity contribution in [3.05, 3.63) is 48.6 Å². The fourth-order valence-electron chi connectivity index (χ4n) is 8.06. The molecule has 0 saturated heterocycles. The number of unbranched alkanes of at least 4 members (excludes halogenated alkanes) is 33. The molecule has 64 heavy (non-hydrogen) atoms. The molecule has 0 amide bonds. The van der Waals surface area contributed by atoms with Gasteiger partial charge in [0, 0.05) is 19.4 Å². The molecule has 374 valence electrons. The average Bonchev–Trinajstić information content (AvgIpc) is 3.30. The first-order chi connectivity index (χ1) is 31.6. The van der Waals surface area contributed by atoms with Gasteiger partial charge in [0.1, 0.15) is 6.61 Å². The molecule has 0 saturated carbocycles. The largest absolute Gasteiger partial charge is 0.462 e. The number of allylic oxidation sites excluding steroid dienone is 8. The van der Waals surface area contributed by atoms with Gasteiger partial charge in [0.05, 0.1) is 6.61 Å². The molecule has 5 heteroatoms. The van der Waals surface area contributed by atoms with Gasteiger partial charge in [-0.15, -0.1) is 0 Å². The van der Waals surface area contributed by atoms with Crippen LogP contribution in [0.25, 0.3) is 0 Å². The van der Waals surface area contributed by atoms with Crippen molar-refractivity contribution in [1.82, 2.24) is 0 Å². The monoisotopic (exact) mass is 897 g/mol. The van der Waals surface area contributed by atoms with Gasteiger partial charge >= 0.3 is 11.9 Å². The Bertz CT molecular complexity index is 1060. The van der Waals surface area contributed by atoms with Crippen LogP contribution in [0.1, 0.15) is 290 Å². The van der Waals surface area contributed by atoms with Crippen LogP contribution in [0.2, 0.25) is 0 Å². The number of esters is 2. The van der Waals surface area contributed by atoms with E-state index in [0.29, 0.717) is 19.4 Å². The van der Waals surface area contributed by atoms with Gasteiger partial charge < -0.3 is 14.2 Å². The summed E-state index contributed by atoms with van der Waals surface area (Å²) in [6.45, 7) is 7.79. The van der Waals surface area contributed by atoms with Crippen molar-refractivity contribution in [3.63, 3.8) is 0 Å². The highest BCUT2D eigenvalue weighted by Crippen LogP contribution is 2.15. The van der Waals surface area contributed by atoms with Crippen LogP contribution in [0.4, 0.5) is 0 Å². The maximum absolute atomic E-state index is 12.8. The maximum Gasteiger partial charge on any atom is 0.306 e. The molecule has 0 radical (unpaired) electrons. The van der Waals surface area contributed by atoms with Crippen molar-refractivity contribution in [3.8, 4) is 0 Å². The third kappa shape index (κ3) is 52.5. The first-order valence-electron chi connectivity index (χ1n) is 28.2. The fourth-order valence-corrected chi connectivity index (χ4v) is 8.06. The van der Waals surface area contributed by atoms with E-state index in [1.807, 2.05) is 0 Å². The average molecular weight is 898 g/mol. The predicted octanol–water partition coefficient (Wildman–Crippen LogP) is 19.1. The molecule has 0 N–H and O–H groups in total. The van der Waals surface area contributed by atoms with Crippen LogP contribution in [0, 0.1) is 0 Å². The van der Waals surface area contributed by atoms with Crippen LogP contribution >= 0.6 is 0 Å². The SMILES string of the molecule is CCCCC/C=C\C/C=C\CCCCCCCC(=O)OC(COCCCCCCCC/C=C\CCCCCC)COC(=O)CCCCCCCCCCC/C=C\CCCCCCCC. The molecule has 0 fully saturated rings. The summed E-state index contributed by atoms with van der Waals surface area (Å²) < 4.78 is 17.4. The summed E-state index contributed by atoms with van der Waals surface area (Å²) in [7, 11) is 0.